The number of nitrogens with one attached hydrogen (secondary N) is 1. The number of aromatic hydroxyl groups is 1. The first kappa shape index (κ1) is 28.7. The van der Waals surface area contributed by atoms with Gasteiger partial charge < -0.3 is 9.84 Å². The Morgan fingerprint density at radius 2 is 1.92 bits per heavy atom. The molecule has 1 saturated heterocycles. The molecule has 11 heteroatoms. The number of nitrogens with zero attached hydrogens (tertiary/aromatic N) is 2. The molecular formula is C26H29ClF3N3O3S. The van der Waals surface area contributed by atoms with E-state index < -0.39 is 17.6 Å². The SMILES string of the molecule is COc1ccc(-c2nc(NC(=O)c3ccc(O)cc3)sc2CN2CCCC(C)(C)C2)cc1C(F)(F)F.Cl. The molecule has 0 unspecified atom stereocenters. The van der Waals surface area contributed by atoms with Gasteiger partial charge in [0.15, 0.2) is 5.13 Å². The van der Waals surface area contributed by atoms with Crippen LogP contribution in [0.25, 0.3) is 11.3 Å². The predicted octanol–water partition coefficient (Wildman–Crippen LogP) is 6.84. The topological polar surface area (TPSA) is 74.7 Å². The van der Waals surface area contributed by atoms with E-state index in [-0.39, 0.29) is 29.3 Å². The van der Waals surface area contributed by atoms with Crippen LogP contribution in [0, 0.1) is 5.41 Å². The molecule has 200 valence electrons. The summed E-state index contributed by atoms with van der Waals surface area (Å²) >= 11 is 1.25. The molecule has 0 bridgehead atoms. The number of likely N-dealkylation sites (tertiary alicyclic amines) is 1. The number of alkyl halides is 3. The van der Waals surface area contributed by atoms with Crippen LogP contribution in [0.2, 0.25) is 0 Å². The second-order valence-corrected chi connectivity index (χ2v) is 10.8. The number of hydrogen-bond donors (Lipinski definition) is 2. The van der Waals surface area contributed by atoms with E-state index in [1.54, 1.807) is 6.07 Å². The van der Waals surface area contributed by atoms with Crippen molar-refractivity contribution in [3.8, 4) is 22.8 Å². The van der Waals surface area contributed by atoms with E-state index in [1.165, 1.54) is 48.8 Å². The van der Waals surface area contributed by atoms with Crippen molar-refractivity contribution in [1.82, 2.24) is 9.88 Å². The van der Waals surface area contributed by atoms with Gasteiger partial charge >= 0.3 is 6.18 Å². The Hall–Kier alpha value is -2.82. The van der Waals surface area contributed by atoms with Gasteiger partial charge in [-0.05, 0) is 67.3 Å². The molecule has 2 aromatic carbocycles. The number of ether oxygens (including phenoxy) is 1. The Kier molecular flexibility index (Phi) is 8.77. The Bertz CT molecular complexity index is 1250. The average Bonchev–Trinajstić information content (AvgIpc) is 3.19. The summed E-state index contributed by atoms with van der Waals surface area (Å²) in [5.74, 6) is -0.650. The molecule has 0 aliphatic carbocycles. The molecule has 37 heavy (non-hydrogen) atoms. The van der Waals surface area contributed by atoms with Crippen molar-refractivity contribution in [2.45, 2.75) is 39.4 Å². The minimum atomic E-state index is -4.59. The maximum Gasteiger partial charge on any atom is 0.419 e. The van der Waals surface area contributed by atoms with Crippen LogP contribution in [-0.4, -0.2) is 41.1 Å². The number of thiazole rings is 1. The summed E-state index contributed by atoms with van der Waals surface area (Å²) in [7, 11) is 1.20. The Morgan fingerprint density at radius 1 is 1.22 bits per heavy atom. The molecule has 0 radical (unpaired) electrons. The lowest BCUT2D eigenvalue weighted by atomic mass is 9.84. The summed E-state index contributed by atoms with van der Waals surface area (Å²) in [4.78, 5) is 20.3. The van der Waals surface area contributed by atoms with E-state index >= 15 is 0 Å². The third kappa shape index (κ3) is 6.94. The molecular weight excluding hydrogens is 527 g/mol. The van der Waals surface area contributed by atoms with Crippen LogP contribution in [0.4, 0.5) is 18.3 Å². The normalized spacial score (nSPS) is 15.6. The zero-order valence-electron chi connectivity index (χ0n) is 20.7. The van der Waals surface area contributed by atoms with Crippen LogP contribution in [0.15, 0.2) is 42.5 Å². The van der Waals surface area contributed by atoms with Crippen LogP contribution in [0.1, 0.15) is 47.5 Å². The summed E-state index contributed by atoms with van der Waals surface area (Å²) in [6.45, 7) is 6.66. The summed E-state index contributed by atoms with van der Waals surface area (Å²) in [6, 6.07) is 9.66. The molecule has 1 fully saturated rings. The highest BCUT2D eigenvalue weighted by Gasteiger charge is 2.35. The van der Waals surface area contributed by atoms with E-state index in [2.05, 4.69) is 29.0 Å². The quantitative estimate of drug-likeness (QED) is 0.348. The number of anilines is 1. The highest BCUT2D eigenvalue weighted by atomic mass is 35.5. The third-order valence-corrected chi connectivity index (χ3v) is 7.13. The maximum atomic E-state index is 13.7. The summed E-state index contributed by atoms with van der Waals surface area (Å²) in [6.07, 6.45) is -2.45. The van der Waals surface area contributed by atoms with Crippen molar-refractivity contribution in [3.05, 3.63) is 58.5 Å². The number of rotatable bonds is 6. The van der Waals surface area contributed by atoms with Crippen LogP contribution in [0.3, 0.4) is 0 Å². The van der Waals surface area contributed by atoms with Gasteiger partial charge in [0, 0.05) is 29.1 Å². The molecule has 1 aliphatic heterocycles. The lowest BCUT2D eigenvalue weighted by Gasteiger charge is -2.37. The third-order valence-electron chi connectivity index (χ3n) is 6.17. The summed E-state index contributed by atoms with van der Waals surface area (Å²) in [5, 5.41) is 12.5. The molecule has 0 spiro atoms. The Balaban J connectivity index is 0.00000380. The number of halogens is 4. The second-order valence-electron chi connectivity index (χ2n) is 9.68. The fraction of sp³-hybridized carbons (Fsp3) is 0.385. The van der Waals surface area contributed by atoms with Crippen molar-refractivity contribution in [2.75, 3.05) is 25.5 Å². The van der Waals surface area contributed by atoms with Gasteiger partial charge in [0.1, 0.15) is 11.5 Å². The highest BCUT2D eigenvalue weighted by Crippen LogP contribution is 2.41. The van der Waals surface area contributed by atoms with Crippen molar-refractivity contribution < 1.29 is 27.8 Å². The number of carbonyl (C=O) groups is 1. The van der Waals surface area contributed by atoms with Crippen molar-refractivity contribution >= 4 is 34.8 Å². The first-order valence-electron chi connectivity index (χ1n) is 11.5. The van der Waals surface area contributed by atoms with Crippen molar-refractivity contribution in [1.29, 1.82) is 0 Å². The zero-order chi connectivity index (χ0) is 26.1. The predicted molar refractivity (Wildman–Crippen MR) is 141 cm³/mol. The Labute approximate surface area is 223 Å². The zero-order valence-corrected chi connectivity index (χ0v) is 22.3. The standard InChI is InChI=1S/C26H28F3N3O3S.ClH/c1-25(2)11-4-12-32(15-25)14-21-22(17-7-10-20(35-3)19(13-17)26(27,28)29)30-24(36-21)31-23(34)16-5-8-18(33)9-6-16;/h5-10,13,33H,4,11-12,14-15H2,1-3H3,(H,30,31,34);1H. The molecule has 1 aliphatic rings. The summed E-state index contributed by atoms with van der Waals surface area (Å²) in [5.41, 5.74) is 0.291. The van der Waals surface area contributed by atoms with Gasteiger partial charge in [-0.2, -0.15) is 13.2 Å². The minimum absolute atomic E-state index is 0. The van der Waals surface area contributed by atoms with Crippen molar-refractivity contribution in [2.24, 2.45) is 5.41 Å². The number of hydrogen-bond acceptors (Lipinski definition) is 6. The van der Waals surface area contributed by atoms with Gasteiger partial charge in [0.2, 0.25) is 0 Å². The number of aromatic nitrogens is 1. The molecule has 6 nitrogen and oxygen atoms in total. The summed E-state index contributed by atoms with van der Waals surface area (Å²) < 4.78 is 46.0. The van der Waals surface area contributed by atoms with Gasteiger partial charge in [0.05, 0.1) is 18.4 Å². The fourth-order valence-electron chi connectivity index (χ4n) is 4.48. The minimum Gasteiger partial charge on any atom is -0.508 e. The molecule has 0 atom stereocenters. The molecule has 3 aromatic rings. The molecule has 1 amide bonds. The number of phenolic OH excluding ortho intramolecular Hbond substituents is 1. The number of piperidine rings is 1. The number of methoxy groups -OCH3 is 1. The largest absolute Gasteiger partial charge is 0.508 e. The Morgan fingerprint density at radius 3 is 2.54 bits per heavy atom. The number of benzene rings is 2. The van der Waals surface area contributed by atoms with Crippen LogP contribution in [-0.2, 0) is 12.7 Å². The molecule has 1 aromatic heterocycles. The van der Waals surface area contributed by atoms with Gasteiger partial charge in [0.25, 0.3) is 5.91 Å². The number of carbonyl (C=O) groups excluding carboxylic acids is 1. The smallest absolute Gasteiger partial charge is 0.419 e. The first-order valence-corrected chi connectivity index (χ1v) is 12.3. The number of phenols is 1. The lowest BCUT2D eigenvalue weighted by Crippen LogP contribution is -2.39. The van der Waals surface area contributed by atoms with Crippen LogP contribution < -0.4 is 10.1 Å². The molecule has 2 N–H and O–H groups in total. The van der Waals surface area contributed by atoms with E-state index in [4.69, 9.17) is 4.74 Å². The first-order chi connectivity index (χ1) is 16.9. The molecule has 2 heterocycles. The molecule has 4 rings (SSSR count). The monoisotopic (exact) mass is 555 g/mol. The average molecular weight is 556 g/mol. The van der Waals surface area contributed by atoms with Gasteiger partial charge in [-0.25, -0.2) is 4.98 Å². The van der Waals surface area contributed by atoms with Gasteiger partial charge in [-0.3, -0.25) is 15.0 Å². The highest BCUT2D eigenvalue weighted by molar-refractivity contribution is 7.16. The van der Waals surface area contributed by atoms with E-state index in [0.29, 0.717) is 28.5 Å². The fourth-order valence-corrected chi connectivity index (χ4v) is 5.50. The van der Waals surface area contributed by atoms with Crippen molar-refractivity contribution in [3.63, 3.8) is 0 Å². The van der Waals surface area contributed by atoms with Gasteiger partial charge in [-0.15, -0.1) is 12.4 Å². The van der Waals surface area contributed by atoms with E-state index in [1.807, 2.05) is 0 Å². The van der Waals surface area contributed by atoms with Crippen LogP contribution >= 0.6 is 23.7 Å². The van der Waals surface area contributed by atoms with Gasteiger partial charge in [-0.1, -0.05) is 25.2 Å². The maximum absolute atomic E-state index is 13.7. The van der Waals surface area contributed by atoms with E-state index in [0.717, 1.165) is 36.9 Å². The van der Waals surface area contributed by atoms with E-state index in [9.17, 15) is 23.1 Å². The second kappa shape index (κ2) is 11.3. The van der Waals surface area contributed by atoms with Crippen LogP contribution in [0.5, 0.6) is 11.5 Å². The lowest BCUT2D eigenvalue weighted by molar-refractivity contribution is -0.138. The number of amides is 1. The molecule has 0 saturated carbocycles.